The third kappa shape index (κ3) is 3.11. The Hall–Kier alpha value is -2.19. The molecule has 2 aromatic carbocycles. The number of aryl methyl sites for hydroxylation is 2. The van der Waals surface area contributed by atoms with Crippen LogP contribution >= 0.6 is 0 Å². The first kappa shape index (κ1) is 13.8. The standard InChI is InChI=1S/C19H20N2/c1-14-13-19(21-18-10-6-5-9-16(14)18)17(20)12-11-15-7-3-2-4-8-15/h2-10,13,17H,11-12,20H2,1H3. The van der Waals surface area contributed by atoms with Crippen LogP contribution in [0.15, 0.2) is 60.7 Å². The molecule has 0 spiro atoms. The second-order valence-corrected chi connectivity index (χ2v) is 5.51. The van der Waals surface area contributed by atoms with Crippen LogP contribution in [0.4, 0.5) is 0 Å². The normalized spacial score (nSPS) is 12.5. The molecule has 1 aromatic heterocycles. The summed E-state index contributed by atoms with van der Waals surface area (Å²) in [4.78, 5) is 4.72. The van der Waals surface area contributed by atoms with Gasteiger partial charge in [0.05, 0.1) is 11.2 Å². The average Bonchev–Trinajstić information content (AvgIpc) is 2.53. The smallest absolute Gasteiger partial charge is 0.0708 e. The molecule has 2 heteroatoms. The van der Waals surface area contributed by atoms with E-state index in [2.05, 4.69) is 49.4 Å². The quantitative estimate of drug-likeness (QED) is 0.776. The maximum Gasteiger partial charge on any atom is 0.0708 e. The van der Waals surface area contributed by atoms with Crippen LogP contribution < -0.4 is 5.73 Å². The summed E-state index contributed by atoms with van der Waals surface area (Å²) in [7, 11) is 0. The van der Waals surface area contributed by atoms with Gasteiger partial charge in [0, 0.05) is 11.4 Å². The monoisotopic (exact) mass is 276 g/mol. The van der Waals surface area contributed by atoms with Crippen molar-refractivity contribution >= 4 is 10.9 Å². The van der Waals surface area contributed by atoms with Crippen LogP contribution in [0, 0.1) is 6.92 Å². The predicted molar refractivity (Wildman–Crippen MR) is 88.2 cm³/mol. The van der Waals surface area contributed by atoms with E-state index in [0.717, 1.165) is 24.1 Å². The van der Waals surface area contributed by atoms with E-state index in [1.54, 1.807) is 0 Å². The molecular formula is C19H20N2. The zero-order chi connectivity index (χ0) is 14.7. The van der Waals surface area contributed by atoms with Gasteiger partial charge in [-0.05, 0) is 43.0 Å². The van der Waals surface area contributed by atoms with Crippen molar-refractivity contribution in [2.24, 2.45) is 5.73 Å². The Kier molecular flexibility index (Phi) is 3.98. The fraction of sp³-hybridized carbons (Fsp3) is 0.211. The van der Waals surface area contributed by atoms with Crippen LogP contribution in [0.25, 0.3) is 10.9 Å². The maximum absolute atomic E-state index is 6.34. The molecule has 3 aromatic rings. The molecule has 106 valence electrons. The van der Waals surface area contributed by atoms with E-state index in [1.165, 1.54) is 16.5 Å². The van der Waals surface area contributed by atoms with Crippen LogP contribution in [0.3, 0.4) is 0 Å². The van der Waals surface area contributed by atoms with Gasteiger partial charge in [-0.3, -0.25) is 4.98 Å². The SMILES string of the molecule is Cc1cc(C(N)CCc2ccccc2)nc2ccccc12. The van der Waals surface area contributed by atoms with E-state index in [4.69, 9.17) is 10.7 Å². The lowest BCUT2D eigenvalue weighted by molar-refractivity contribution is 0.635. The summed E-state index contributed by atoms with van der Waals surface area (Å²) in [6, 6.07) is 20.8. The van der Waals surface area contributed by atoms with E-state index in [9.17, 15) is 0 Å². The van der Waals surface area contributed by atoms with Gasteiger partial charge in [0.15, 0.2) is 0 Å². The summed E-state index contributed by atoms with van der Waals surface area (Å²) in [6.07, 6.45) is 1.89. The largest absolute Gasteiger partial charge is 0.323 e. The molecule has 0 amide bonds. The Bertz CT molecular complexity index is 735. The van der Waals surface area contributed by atoms with Crippen molar-refractivity contribution in [2.45, 2.75) is 25.8 Å². The molecule has 0 saturated heterocycles. The molecule has 0 saturated carbocycles. The lowest BCUT2D eigenvalue weighted by atomic mass is 10.0. The van der Waals surface area contributed by atoms with Gasteiger partial charge < -0.3 is 5.73 Å². The summed E-state index contributed by atoms with van der Waals surface area (Å²) in [6.45, 7) is 2.12. The first-order valence-electron chi connectivity index (χ1n) is 7.40. The molecule has 1 heterocycles. The minimum Gasteiger partial charge on any atom is -0.323 e. The first-order chi connectivity index (χ1) is 10.2. The van der Waals surface area contributed by atoms with Crippen LogP contribution in [-0.2, 0) is 6.42 Å². The van der Waals surface area contributed by atoms with Crippen molar-refractivity contribution in [3.8, 4) is 0 Å². The molecule has 0 aliphatic rings. The number of nitrogens with zero attached hydrogens (tertiary/aromatic N) is 1. The van der Waals surface area contributed by atoms with E-state index in [-0.39, 0.29) is 6.04 Å². The molecular weight excluding hydrogens is 256 g/mol. The molecule has 0 aliphatic carbocycles. The number of hydrogen-bond donors (Lipinski definition) is 1. The Labute approximate surface area is 125 Å². The fourth-order valence-electron chi connectivity index (χ4n) is 2.68. The van der Waals surface area contributed by atoms with Gasteiger partial charge in [-0.2, -0.15) is 0 Å². The van der Waals surface area contributed by atoms with Crippen LogP contribution in [0.2, 0.25) is 0 Å². The third-order valence-electron chi connectivity index (χ3n) is 3.91. The minimum absolute atomic E-state index is 0.0199. The van der Waals surface area contributed by atoms with Crippen molar-refractivity contribution in [3.05, 3.63) is 77.5 Å². The van der Waals surface area contributed by atoms with Crippen molar-refractivity contribution in [1.82, 2.24) is 4.98 Å². The van der Waals surface area contributed by atoms with Crippen LogP contribution in [-0.4, -0.2) is 4.98 Å². The maximum atomic E-state index is 6.34. The van der Waals surface area contributed by atoms with Crippen molar-refractivity contribution in [2.75, 3.05) is 0 Å². The number of pyridine rings is 1. The molecule has 0 aliphatic heterocycles. The molecule has 0 fully saturated rings. The lowest BCUT2D eigenvalue weighted by Crippen LogP contribution is -2.13. The van der Waals surface area contributed by atoms with E-state index in [0.29, 0.717) is 0 Å². The fourth-order valence-corrected chi connectivity index (χ4v) is 2.68. The van der Waals surface area contributed by atoms with Crippen molar-refractivity contribution < 1.29 is 0 Å². The highest BCUT2D eigenvalue weighted by atomic mass is 14.8. The van der Waals surface area contributed by atoms with Crippen molar-refractivity contribution in [1.29, 1.82) is 0 Å². The van der Waals surface area contributed by atoms with Gasteiger partial charge in [0.1, 0.15) is 0 Å². The summed E-state index contributed by atoms with van der Waals surface area (Å²) >= 11 is 0. The van der Waals surface area contributed by atoms with Crippen LogP contribution in [0.5, 0.6) is 0 Å². The Morgan fingerprint density at radius 3 is 2.52 bits per heavy atom. The van der Waals surface area contributed by atoms with Gasteiger partial charge in [0.2, 0.25) is 0 Å². The molecule has 0 radical (unpaired) electrons. The minimum atomic E-state index is -0.0199. The molecule has 3 rings (SSSR count). The van der Waals surface area contributed by atoms with Crippen LogP contribution in [0.1, 0.15) is 29.3 Å². The van der Waals surface area contributed by atoms with E-state index >= 15 is 0 Å². The second kappa shape index (κ2) is 6.06. The molecule has 2 nitrogen and oxygen atoms in total. The molecule has 21 heavy (non-hydrogen) atoms. The zero-order valence-electron chi connectivity index (χ0n) is 12.3. The predicted octanol–water partition coefficient (Wildman–Crippen LogP) is 4.18. The van der Waals surface area contributed by atoms with E-state index < -0.39 is 0 Å². The number of fused-ring (bicyclic) bond motifs is 1. The number of nitrogens with two attached hydrogens (primary N) is 1. The number of para-hydroxylation sites is 1. The third-order valence-corrected chi connectivity index (χ3v) is 3.91. The number of hydrogen-bond acceptors (Lipinski definition) is 2. The Morgan fingerprint density at radius 2 is 1.71 bits per heavy atom. The second-order valence-electron chi connectivity index (χ2n) is 5.51. The summed E-state index contributed by atoms with van der Waals surface area (Å²) < 4.78 is 0. The highest BCUT2D eigenvalue weighted by Gasteiger charge is 2.10. The Balaban J connectivity index is 1.80. The van der Waals surface area contributed by atoms with Gasteiger partial charge in [-0.25, -0.2) is 0 Å². The first-order valence-corrected chi connectivity index (χ1v) is 7.40. The highest BCUT2D eigenvalue weighted by molar-refractivity contribution is 5.82. The average molecular weight is 276 g/mol. The van der Waals surface area contributed by atoms with Crippen molar-refractivity contribution in [3.63, 3.8) is 0 Å². The molecule has 2 N–H and O–H groups in total. The summed E-state index contributed by atoms with van der Waals surface area (Å²) in [5.41, 5.74) is 10.9. The molecule has 1 atom stereocenters. The van der Waals surface area contributed by atoms with Gasteiger partial charge in [-0.1, -0.05) is 48.5 Å². The molecule has 0 bridgehead atoms. The number of rotatable bonds is 4. The topological polar surface area (TPSA) is 38.9 Å². The zero-order valence-corrected chi connectivity index (χ0v) is 12.3. The number of benzene rings is 2. The highest BCUT2D eigenvalue weighted by Crippen LogP contribution is 2.22. The van der Waals surface area contributed by atoms with Gasteiger partial charge in [-0.15, -0.1) is 0 Å². The van der Waals surface area contributed by atoms with E-state index in [1.807, 2.05) is 18.2 Å². The Morgan fingerprint density at radius 1 is 1.00 bits per heavy atom. The van der Waals surface area contributed by atoms with Gasteiger partial charge >= 0.3 is 0 Å². The summed E-state index contributed by atoms with van der Waals surface area (Å²) in [5.74, 6) is 0. The number of aromatic nitrogens is 1. The lowest BCUT2D eigenvalue weighted by Gasteiger charge is -2.13. The molecule has 1 unspecified atom stereocenters. The summed E-state index contributed by atoms with van der Waals surface area (Å²) in [5, 5.41) is 1.21. The van der Waals surface area contributed by atoms with Gasteiger partial charge in [0.25, 0.3) is 0 Å².